The highest BCUT2D eigenvalue weighted by Gasteiger charge is 2.39. The molecule has 0 bridgehead atoms. The van der Waals surface area contributed by atoms with Crippen LogP contribution in [0.1, 0.15) is 46.5 Å². The fourth-order valence-electron chi connectivity index (χ4n) is 2.85. The number of amides is 1. The minimum absolute atomic E-state index is 0.0511. The molecule has 5 heteroatoms. The molecule has 20 heavy (non-hydrogen) atoms. The highest BCUT2D eigenvalue weighted by atomic mass is 16.5. The van der Waals surface area contributed by atoms with Gasteiger partial charge in [-0.25, -0.2) is 0 Å². The lowest BCUT2D eigenvalue weighted by Gasteiger charge is -2.38. The van der Waals surface area contributed by atoms with Crippen molar-refractivity contribution in [2.75, 3.05) is 20.2 Å². The van der Waals surface area contributed by atoms with Crippen molar-refractivity contribution >= 4 is 11.9 Å². The monoisotopic (exact) mass is 285 g/mol. The van der Waals surface area contributed by atoms with E-state index in [4.69, 9.17) is 4.74 Å². The molecule has 116 valence electrons. The van der Waals surface area contributed by atoms with Crippen LogP contribution >= 0.6 is 0 Å². The summed E-state index contributed by atoms with van der Waals surface area (Å²) in [4.78, 5) is 25.7. The van der Waals surface area contributed by atoms with E-state index < -0.39 is 11.4 Å². The van der Waals surface area contributed by atoms with Gasteiger partial charge in [0.1, 0.15) is 0 Å². The Balaban J connectivity index is 2.73. The zero-order chi connectivity index (χ0) is 15.3. The van der Waals surface area contributed by atoms with Crippen molar-refractivity contribution < 1.29 is 19.4 Å². The van der Waals surface area contributed by atoms with E-state index in [0.29, 0.717) is 31.8 Å². The number of hydrogen-bond acceptors (Lipinski definition) is 3. The molecule has 1 aliphatic heterocycles. The highest BCUT2D eigenvalue weighted by molar-refractivity contribution is 5.85. The van der Waals surface area contributed by atoms with Crippen LogP contribution in [0.2, 0.25) is 0 Å². The van der Waals surface area contributed by atoms with Gasteiger partial charge in [0.2, 0.25) is 5.91 Å². The molecule has 1 saturated heterocycles. The Morgan fingerprint density at radius 1 is 1.35 bits per heavy atom. The van der Waals surface area contributed by atoms with Gasteiger partial charge in [0.05, 0.1) is 11.5 Å². The molecule has 1 heterocycles. The molecular weight excluding hydrogens is 258 g/mol. The zero-order valence-corrected chi connectivity index (χ0v) is 13.0. The molecule has 0 aliphatic carbocycles. The van der Waals surface area contributed by atoms with Gasteiger partial charge in [-0.3, -0.25) is 9.59 Å². The number of rotatable bonds is 6. The van der Waals surface area contributed by atoms with Gasteiger partial charge in [-0.2, -0.15) is 0 Å². The molecule has 0 aromatic rings. The predicted octanol–water partition coefficient (Wildman–Crippen LogP) is 2.15. The van der Waals surface area contributed by atoms with Crippen molar-refractivity contribution in [3.8, 4) is 0 Å². The molecule has 0 spiro atoms. The van der Waals surface area contributed by atoms with E-state index in [2.05, 4.69) is 6.92 Å². The number of carboxylic acid groups (broad SMARTS) is 1. The lowest BCUT2D eigenvalue weighted by Crippen LogP contribution is -2.48. The Kier molecular flexibility index (Phi) is 5.99. The van der Waals surface area contributed by atoms with Gasteiger partial charge in [-0.1, -0.05) is 20.8 Å². The molecule has 2 unspecified atom stereocenters. The maximum Gasteiger partial charge on any atom is 0.310 e. The molecule has 1 aliphatic rings. The summed E-state index contributed by atoms with van der Waals surface area (Å²) in [5.41, 5.74) is -0.928. The fourth-order valence-corrected chi connectivity index (χ4v) is 2.85. The van der Waals surface area contributed by atoms with Gasteiger partial charge in [0, 0.05) is 26.6 Å². The largest absolute Gasteiger partial charge is 0.481 e. The number of piperidine rings is 1. The van der Waals surface area contributed by atoms with Crippen molar-refractivity contribution in [2.24, 2.45) is 11.3 Å². The zero-order valence-electron chi connectivity index (χ0n) is 13.0. The third kappa shape index (κ3) is 3.51. The Hall–Kier alpha value is -1.10. The van der Waals surface area contributed by atoms with E-state index in [1.54, 1.807) is 12.0 Å². The number of ether oxygens (including phenoxy) is 1. The van der Waals surface area contributed by atoms with Crippen LogP contribution in [0.4, 0.5) is 0 Å². The molecule has 1 N–H and O–H groups in total. The van der Waals surface area contributed by atoms with Crippen LogP contribution < -0.4 is 0 Å². The SMILES string of the molecule is CCC(CC)(CC(=O)N1CCC(C)C(OC)C1)C(=O)O. The summed E-state index contributed by atoms with van der Waals surface area (Å²) in [5, 5.41) is 9.42. The molecule has 5 nitrogen and oxygen atoms in total. The summed E-state index contributed by atoms with van der Waals surface area (Å²) in [6.07, 6.45) is 1.99. The first-order chi connectivity index (χ1) is 9.40. The van der Waals surface area contributed by atoms with Gasteiger partial charge in [0.25, 0.3) is 0 Å². The van der Waals surface area contributed by atoms with Gasteiger partial charge in [-0.15, -0.1) is 0 Å². The van der Waals surface area contributed by atoms with E-state index in [1.165, 1.54) is 0 Å². The first-order valence-electron chi connectivity index (χ1n) is 7.44. The third-order valence-electron chi connectivity index (χ3n) is 4.84. The number of carboxylic acids is 1. The van der Waals surface area contributed by atoms with Gasteiger partial charge in [-0.05, 0) is 25.2 Å². The maximum absolute atomic E-state index is 12.4. The van der Waals surface area contributed by atoms with Crippen LogP contribution in [0, 0.1) is 11.3 Å². The average molecular weight is 285 g/mol. The van der Waals surface area contributed by atoms with E-state index in [9.17, 15) is 14.7 Å². The van der Waals surface area contributed by atoms with Gasteiger partial charge in [0.15, 0.2) is 0 Å². The maximum atomic E-state index is 12.4. The Morgan fingerprint density at radius 3 is 2.40 bits per heavy atom. The summed E-state index contributed by atoms with van der Waals surface area (Å²) in [7, 11) is 1.66. The molecule has 0 radical (unpaired) electrons. The summed E-state index contributed by atoms with van der Waals surface area (Å²) in [5.74, 6) is -0.500. The van der Waals surface area contributed by atoms with Crippen molar-refractivity contribution in [1.29, 1.82) is 0 Å². The molecule has 0 aromatic carbocycles. The van der Waals surface area contributed by atoms with Gasteiger partial charge < -0.3 is 14.7 Å². The Bertz CT molecular complexity index is 352. The van der Waals surface area contributed by atoms with Crippen LogP contribution in [0.5, 0.6) is 0 Å². The first kappa shape index (κ1) is 17.0. The molecule has 0 saturated carbocycles. The van der Waals surface area contributed by atoms with Crippen molar-refractivity contribution in [3.05, 3.63) is 0 Å². The molecule has 1 amide bonds. The summed E-state index contributed by atoms with van der Waals surface area (Å²) >= 11 is 0. The summed E-state index contributed by atoms with van der Waals surface area (Å²) in [6, 6.07) is 0. The predicted molar refractivity (Wildman–Crippen MR) is 76.4 cm³/mol. The average Bonchev–Trinajstić information content (AvgIpc) is 2.44. The van der Waals surface area contributed by atoms with Crippen LogP contribution in [0.15, 0.2) is 0 Å². The Labute approximate surface area is 121 Å². The number of aliphatic carboxylic acids is 1. The van der Waals surface area contributed by atoms with E-state index in [-0.39, 0.29) is 18.4 Å². The molecule has 2 atom stereocenters. The second-order valence-corrected chi connectivity index (χ2v) is 5.85. The number of methoxy groups -OCH3 is 1. The minimum atomic E-state index is -0.928. The fraction of sp³-hybridized carbons (Fsp3) is 0.867. The van der Waals surface area contributed by atoms with Crippen molar-refractivity contribution in [2.45, 2.75) is 52.6 Å². The lowest BCUT2D eigenvalue weighted by atomic mass is 9.78. The number of likely N-dealkylation sites (tertiary alicyclic amines) is 1. The van der Waals surface area contributed by atoms with Crippen LogP contribution in [-0.2, 0) is 14.3 Å². The van der Waals surface area contributed by atoms with Crippen LogP contribution in [-0.4, -0.2) is 48.2 Å². The molecule has 0 aromatic heterocycles. The summed E-state index contributed by atoms with van der Waals surface area (Å²) < 4.78 is 5.40. The second kappa shape index (κ2) is 7.07. The van der Waals surface area contributed by atoms with E-state index >= 15 is 0 Å². The van der Waals surface area contributed by atoms with Gasteiger partial charge >= 0.3 is 5.97 Å². The smallest absolute Gasteiger partial charge is 0.310 e. The molecule has 1 fully saturated rings. The van der Waals surface area contributed by atoms with E-state index in [1.807, 2.05) is 13.8 Å². The highest BCUT2D eigenvalue weighted by Crippen LogP contribution is 2.32. The quantitative estimate of drug-likeness (QED) is 0.812. The lowest BCUT2D eigenvalue weighted by molar-refractivity contribution is -0.155. The van der Waals surface area contributed by atoms with Crippen molar-refractivity contribution in [1.82, 2.24) is 4.90 Å². The molecule has 1 rings (SSSR count). The first-order valence-corrected chi connectivity index (χ1v) is 7.44. The van der Waals surface area contributed by atoms with Crippen LogP contribution in [0.25, 0.3) is 0 Å². The summed E-state index contributed by atoms with van der Waals surface area (Å²) in [6.45, 7) is 7.06. The minimum Gasteiger partial charge on any atom is -0.481 e. The van der Waals surface area contributed by atoms with Crippen molar-refractivity contribution in [3.63, 3.8) is 0 Å². The normalized spacial score (nSPS) is 23.7. The number of carbonyl (C=O) groups excluding carboxylic acids is 1. The van der Waals surface area contributed by atoms with Crippen LogP contribution in [0.3, 0.4) is 0 Å². The van der Waals surface area contributed by atoms with E-state index in [0.717, 1.165) is 6.42 Å². The second-order valence-electron chi connectivity index (χ2n) is 5.85. The number of nitrogens with zero attached hydrogens (tertiary/aromatic N) is 1. The third-order valence-corrected chi connectivity index (χ3v) is 4.84. The number of carbonyl (C=O) groups is 2. The standard InChI is InChI=1S/C15H27NO4/c1-5-15(6-2,14(18)19)9-13(17)16-8-7-11(3)12(10-16)20-4/h11-12H,5-10H2,1-4H3,(H,18,19). The Morgan fingerprint density at radius 2 is 1.95 bits per heavy atom. The molecular formula is C15H27NO4. The topological polar surface area (TPSA) is 66.8 Å². The number of hydrogen-bond donors (Lipinski definition) is 1.